The van der Waals surface area contributed by atoms with E-state index in [1.54, 1.807) is 5.38 Å². The number of hydrogen-bond acceptors (Lipinski definition) is 8. The van der Waals surface area contributed by atoms with Crippen molar-refractivity contribution in [2.75, 3.05) is 12.3 Å². The van der Waals surface area contributed by atoms with E-state index in [1.165, 1.54) is 11.3 Å². The number of nitrogen functional groups attached to an aromatic ring is 1. The van der Waals surface area contributed by atoms with Crippen molar-refractivity contribution >= 4 is 16.5 Å². The summed E-state index contributed by atoms with van der Waals surface area (Å²) in [7, 11) is 0. The summed E-state index contributed by atoms with van der Waals surface area (Å²) in [5.41, 5.74) is 5.85. The van der Waals surface area contributed by atoms with Crippen molar-refractivity contribution in [1.29, 1.82) is 0 Å². The van der Waals surface area contributed by atoms with E-state index < -0.39 is 37.1 Å². The molecule has 1 aliphatic rings. The number of hydrogen-bond donors (Lipinski definition) is 5. The Morgan fingerprint density at radius 2 is 2.00 bits per heavy atom. The lowest BCUT2D eigenvalue weighted by molar-refractivity contribution is -0.232. The van der Waals surface area contributed by atoms with Crippen LogP contribution in [0.1, 0.15) is 11.8 Å². The summed E-state index contributed by atoms with van der Waals surface area (Å²) in [5, 5.41) is 39.9. The number of aromatic nitrogens is 1. The molecule has 0 bridgehead atoms. The SMILES string of the molecule is Nc1nc(C2O[C@H](CO)[C@@H](O)[C@H](O)[C@H]2O)cs1. The van der Waals surface area contributed by atoms with Gasteiger partial charge in [-0.2, -0.15) is 0 Å². The zero-order valence-electron chi connectivity index (χ0n) is 8.80. The zero-order valence-corrected chi connectivity index (χ0v) is 9.62. The van der Waals surface area contributed by atoms with Crippen LogP contribution in [0, 0.1) is 0 Å². The van der Waals surface area contributed by atoms with Gasteiger partial charge >= 0.3 is 0 Å². The molecular weight excluding hydrogens is 248 g/mol. The van der Waals surface area contributed by atoms with E-state index in [2.05, 4.69) is 4.98 Å². The van der Waals surface area contributed by atoms with Gasteiger partial charge in [-0.1, -0.05) is 0 Å². The fourth-order valence-corrected chi connectivity index (χ4v) is 2.36. The number of thiazole rings is 1. The molecule has 1 aliphatic heterocycles. The van der Waals surface area contributed by atoms with Gasteiger partial charge in [0.25, 0.3) is 0 Å². The fraction of sp³-hybridized carbons (Fsp3) is 0.667. The topological polar surface area (TPSA) is 129 Å². The van der Waals surface area contributed by atoms with Gasteiger partial charge < -0.3 is 30.9 Å². The lowest BCUT2D eigenvalue weighted by atomic mass is 9.94. The molecule has 0 aliphatic carbocycles. The van der Waals surface area contributed by atoms with Gasteiger partial charge in [-0.05, 0) is 0 Å². The number of aliphatic hydroxyl groups is 4. The highest BCUT2D eigenvalue weighted by Crippen LogP contribution is 2.33. The average Bonchev–Trinajstić information content (AvgIpc) is 2.73. The van der Waals surface area contributed by atoms with E-state index in [1.807, 2.05) is 0 Å². The third-order valence-corrected chi connectivity index (χ3v) is 3.42. The van der Waals surface area contributed by atoms with E-state index in [0.717, 1.165) is 0 Å². The lowest BCUT2D eigenvalue weighted by Gasteiger charge is -2.39. The maximum Gasteiger partial charge on any atom is 0.180 e. The molecule has 1 aromatic heterocycles. The second-order valence-electron chi connectivity index (χ2n) is 3.86. The van der Waals surface area contributed by atoms with Crippen LogP contribution < -0.4 is 5.73 Å². The van der Waals surface area contributed by atoms with Gasteiger partial charge in [0.15, 0.2) is 5.13 Å². The van der Waals surface area contributed by atoms with Crippen LogP contribution in [0.25, 0.3) is 0 Å². The monoisotopic (exact) mass is 262 g/mol. The Morgan fingerprint density at radius 3 is 2.53 bits per heavy atom. The van der Waals surface area contributed by atoms with Crippen LogP contribution in [0.4, 0.5) is 5.13 Å². The van der Waals surface area contributed by atoms with Crippen molar-refractivity contribution in [3.05, 3.63) is 11.1 Å². The highest BCUT2D eigenvalue weighted by Gasteiger charge is 2.44. The molecular formula is C9H14N2O5S. The molecule has 7 nitrogen and oxygen atoms in total. The normalized spacial score (nSPS) is 38.2. The van der Waals surface area contributed by atoms with Gasteiger partial charge in [-0.25, -0.2) is 4.98 Å². The van der Waals surface area contributed by atoms with Crippen molar-refractivity contribution in [1.82, 2.24) is 4.98 Å². The minimum absolute atomic E-state index is 0.317. The fourth-order valence-electron chi connectivity index (χ4n) is 1.78. The third kappa shape index (κ3) is 2.28. The first kappa shape index (κ1) is 12.7. The first-order valence-electron chi connectivity index (χ1n) is 5.06. The Balaban J connectivity index is 2.22. The third-order valence-electron chi connectivity index (χ3n) is 2.72. The summed E-state index contributed by atoms with van der Waals surface area (Å²) in [6.07, 6.45) is -5.90. The summed E-state index contributed by atoms with van der Waals surface area (Å²) in [4.78, 5) is 3.95. The van der Waals surface area contributed by atoms with Crippen molar-refractivity contribution < 1.29 is 25.2 Å². The number of nitrogens with zero attached hydrogens (tertiary/aromatic N) is 1. The van der Waals surface area contributed by atoms with Gasteiger partial charge in [0.1, 0.15) is 30.5 Å². The molecule has 0 spiro atoms. The van der Waals surface area contributed by atoms with Gasteiger partial charge in [-0.15, -0.1) is 11.3 Å². The van der Waals surface area contributed by atoms with E-state index >= 15 is 0 Å². The Hall–Kier alpha value is -0.770. The molecule has 0 saturated carbocycles. The van der Waals surface area contributed by atoms with Gasteiger partial charge in [0.2, 0.25) is 0 Å². The Kier molecular flexibility index (Phi) is 3.61. The summed E-state index contributed by atoms with van der Waals surface area (Å²) in [5.74, 6) is 0. The van der Waals surface area contributed by atoms with Gasteiger partial charge in [-0.3, -0.25) is 0 Å². The molecule has 2 heterocycles. The first-order chi connectivity index (χ1) is 8.04. The standard InChI is InChI=1S/C9H14N2O5S/c10-9-11-3(2-17-9)8-7(15)6(14)5(13)4(1-12)16-8/h2,4-8,12-15H,1H2,(H2,10,11)/t4-,5-,6+,7-,8?/m1/s1. The quantitative estimate of drug-likeness (QED) is 0.427. The van der Waals surface area contributed by atoms with Crippen LogP contribution in [-0.2, 0) is 4.74 Å². The molecule has 17 heavy (non-hydrogen) atoms. The van der Waals surface area contributed by atoms with Crippen LogP contribution >= 0.6 is 11.3 Å². The van der Waals surface area contributed by atoms with Crippen LogP contribution in [0.15, 0.2) is 5.38 Å². The summed E-state index contributed by atoms with van der Waals surface area (Å²) in [6, 6.07) is 0. The van der Waals surface area contributed by atoms with Crippen LogP contribution in [0.2, 0.25) is 0 Å². The molecule has 1 fully saturated rings. The van der Waals surface area contributed by atoms with Crippen molar-refractivity contribution in [2.45, 2.75) is 30.5 Å². The molecule has 8 heteroatoms. The molecule has 1 aromatic rings. The molecule has 1 saturated heterocycles. The van der Waals surface area contributed by atoms with E-state index in [4.69, 9.17) is 15.6 Å². The second-order valence-corrected chi connectivity index (χ2v) is 4.75. The molecule has 0 radical (unpaired) electrons. The molecule has 0 aromatic carbocycles. The molecule has 0 amide bonds. The molecule has 6 N–H and O–H groups in total. The lowest BCUT2D eigenvalue weighted by Crippen LogP contribution is -2.55. The van der Waals surface area contributed by atoms with E-state index in [0.29, 0.717) is 10.8 Å². The Morgan fingerprint density at radius 1 is 1.29 bits per heavy atom. The van der Waals surface area contributed by atoms with Crippen molar-refractivity contribution in [3.63, 3.8) is 0 Å². The van der Waals surface area contributed by atoms with Gasteiger partial charge in [0.05, 0.1) is 12.3 Å². The van der Waals surface area contributed by atoms with Crippen molar-refractivity contribution in [3.8, 4) is 0 Å². The van der Waals surface area contributed by atoms with Crippen LogP contribution in [0.3, 0.4) is 0 Å². The molecule has 2 rings (SSSR count). The van der Waals surface area contributed by atoms with E-state index in [9.17, 15) is 15.3 Å². The number of anilines is 1. The van der Waals surface area contributed by atoms with Crippen LogP contribution in [-0.4, -0.2) is 56.4 Å². The number of rotatable bonds is 2. The maximum atomic E-state index is 9.79. The predicted octanol–water partition coefficient (Wildman–Crippen LogP) is -1.76. The van der Waals surface area contributed by atoms with Crippen LogP contribution in [0.5, 0.6) is 0 Å². The summed E-state index contributed by atoms with van der Waals surface area (Å²) >= 11 is 1.18. The second kappa shape index (κ2) is 4.84. The summed E-state index contributed by atoms with van der Waals surface area (Å²) < 4.78 is 5.31. The molecule has 1 unspecified atom stereocenters. The maximum absolute atomic E-state index is 9.79. The number of aliphatic hydroxyl groups excluding tert-OH is 4. The van der Waals surface area contributed by atoms with E-state index in [-0.39, 0.29) is 0 Å². The summed E-state index contributed by atoms with van der Waals surface area (Å²) in [6.45, 7) is -0.457. The Labute approximate surface area is 101 Å². The Bertz CT molecular complexity index is 385. The number of ether oxygens (including phenoxy) is 1. The minimum Gasteiger partial charge on any atom is -0.394 e. The number of nitrogens with two attached hydrogens (primary N) is 1. The largest absolute Gasteiger partial charge is 0.394 e. The minimum atomic E-state index is -1.39. The molecule has 96 valence electrons. The zero-order chi connectivity index (χ0) is 12.6. The average molecular weight is 262 g/mol. The first-order valence-corrected chi connectivity index (χ1v) is 5.94. The predicted molar refractivity (Wildman–Crippen MR) is 59.2 cm³/mol. The molecule has 5 atom stereocenters. The smallest absolute Gasteiger partial charge is 0.180 e. The highest BCUT2D eigenvalue weighted by atomic mass is 32.1. The highest BCUT2D eigenvalue weighted by molar-refractivity contribution is 7.13. The van der Waals surface area contributed by atoms with Gasteiger partial charge in [0, 0.05) is 5.38 Å². The van der Waals surface area contributed by atoms with Crippen molar-refractivity contribution in [2.24, 2.45) is 0 Å².